The number of ether oxygens (including phenoxy) is 2. The van der Waals surface area contributed by atoms with Crippen molar-refractivity contribution in [3.8, 4) is 0 Å². The van der Waals surface area contributed by atoms with E-state index < -0.39 is 0 Å². The standard InChI is InChI=1S/C21H28N2O3/c1-13-5-3-7-20(2)9-16-17(18-21(13,20)26-18)15(19(24)25-16)12-23-11-14-6-4-8-22-10-14/h4,6,8,10,13,15-18,23H,3,5,7,9,11-12H2,1-2H3/p+1/t13-,15+,16+,17+,18-,20+,21-/m0/s1. The summed E-state index contributed by atoms with van der Waals surface area (Å²) >= 11 is 0. The van der Waals surface area contributed by atoms with Crippen molar-refractivity contribution in [1.82, 2.24) is 4.98 Å². The molecule has 0 radical (unpaired) electrons. The Kier molecular flexibility index (Phi) is 3.70. The number of carbonyl (C=O) groups is 1. The van der Waals surface area contributed by atoms with Crippen LogP contribution in [0, 0.1) is 23.2 Å². The molecule has 1 aromatic heterocycles. The predicted octanol–water partition coefficient (Wildman–Crippen LogP) is 1.67. The van der Waals surface area contributed by atoms with Crippen LogP contribution in [0.2, 0.25) is 0 Å². The number of carbonyl (C=O) groups excluding carboxylic acids is 1. The van der Waals surface area contributed by atoms with Crippen molar-refractivity contribution in [2.24, 2.45) is 23.2 Å². The Morgan fingerprint density at radius 2 is 2.31 bits per heavy atom. The predicted molar refractivity (Wildman–Crippen MR) is 94.9 cm³/mol. The van der Waals surface area contributed by atoms with Gasteiger partial charge in [-0.05, 0) is 31.2 Å². The fraction of sp³-hybridized carbons (Fsp3) is 0.714. The number of hydrogen-bond donors (Lipinski definition) is 1. The van der Waals surface area contributed by atoms with Crippen molar-refractivity contribution in [1.29, 1.82) is 0 Å². The van der Waals surface area contributed by atoms with E-state index in [9.17, 15) is 4.79 Å². The molecule has 2 saturated carbocycles. The molecule has 7 atom stereocenters. The third-order valence-corrected chi connectivity index (χ3v) is 7.72. The van der Waals surface area contributed by atoms with Crippen molar-refractivity contribution in [2.45, 2.75) is 63.9 Å². The van der Waals surface area contributed by atoms with Crippen LogP contribution in [-0.2, 0) is 20.8 Å². The summed E-state index contributed by atoms with van der Waals surface area (Å²) in [7, 11) is 0. The average Bonchev–Trinajstić information content (AvgIpc) is 3.30. The van der Waals surface area contributed by atoms with E-state index >= 15 is 0 Å². The lowest BCUT2D eigenvalue weighted by molar-refractivity contribution is -0.675. The van der Waals surface area contributed by atoms with E-state index in [0.29, 0.717) is 5.92 Å². The molecule has 4 aliphatic rings. The summed E-state index contributed by atoms with van der Waals surface area (Å²) in [6, 6.07) is 4.03. The van der Waals surface area contributed by atoms with E-state index in [2.05, 4.69) is 30.2 Å². The summed E-state index contributed by atoms with van der Waals surface area (Å²) in [6.45, 7) is 6.34. The second kappa shape index (κ2) is 5.77. The first-order valence-electron chi connectivity index (χ1n) is 10.1. The van der Waals surface area contributed by atoms with Gasteiger partial charge in [0.05, 0.1) is 12.6 Å². The van der Waals surface area contributed by atoms with Crippen LogP contribution < -0.4 is 5.32 Å². The first kappa shape index (κ1) is 16.7. The van der Waals surface area contributed by atoms with Crippen LogP contribution in [0.3, 0.4) is 0 Å². The zero-order valence-corrected chi connectivity index (χ0v) is 15.7. The van der Waals surface area contributed by atoms with Gasteiger partial charge in [-0.25, -0.2) is 0 Å². The number of nitrogens with zero attached hydrogens (tertiary/aromatic N) is 1. The van der Waals surface area contributed by atoms with E-state index in [-0.39, 0.29) is 41.0 Å². The molecule has 5 heteroatoms. The average molecular weight is 357 g/mol. The van der Waals surface area contributed by atoms with Crippen LogP contribution in [0.25, 0.3) is 0 Å². The summed E-state index contributed by atoms with van der Waals surface area (Å²) < 4.78 is 12.4. The first-order valence-corrected chi connectivity index (χ1v) is 10.1. The van der Waals surface area contributed by atoms with E-state index in [4.69, 9.17) is 9.47 Å². The maximum absolute atomic E-state index is 12.6. The zero-order valence-electron chi connectivity index (χ0n) is 15.7. The van der Waals surface area contributed by atoms with Crippen molar-refractivity contribution in [3.05, 3.63) is 30.1 Å². The Bertz CT molecular complexity index is 710. The highest BCUT2D eigenvalue weighted by Gasteiger charge is 2.78. The molecule has 5 rings (SSSR count). The number of nitrogens with two attached hydrogens (primary N) is 1. The van der Waals surface area contributed by atoms with E-state index in [0.717, 1.165) is 19.5 Å². The number of epoxide rings is 1. The largest absolute Gasteiger partial charge is 0.462 e. The summed E-state index contributed by atoms with van der Waals surface area (Å²) in [5, 5.41) is 2.22. The van der Waals surface area contributed by atoms with Crippen LogP contribution in [0.1, 0.15) is 45.1 Å². The van der Waals surface area contributed by atoms with Crippen LogP contribution in [-0.4, -0.2) is 35.3 Å². The van der Waals surface area contributed by atoms with Gasteiger partial charge in [0.25, 0.3) is 0 Å². The minimum atomic E-state index is -0.0419. The van der Waals surface area contributed by atoms with Gasteiger partial charge in [-0.2, -0.15) is 0 Å². The van der Waals surface area contributed by atoms with Gasteiger partial charge < -0.3 is 14.8 Å². The number of hydrogen-bond acceptors (Lipinski definition) is 4. The van der Waals surface area contributed by atoms with Crippen molar-refractivity contribution in [3.63, 3.8) is 0 Å². The molecule has 0 aromatic carbocycles. The molecule has 5 nitrogen and oxygen atoms in total. The first-order chi connectivity index (χ1) is 12.6. The number of rotatable bonds is 4. The van der Waals surface area contributed by atoms with Gasteiger partial charge in [0, 0.05) is 29.3 Å². The van der Waals surface area contributed by atoms with Crippen LogP contribution in [0.5, 0.6) is 0 Å². The number of esters is 1. The zero-order chi connectivity index (χ0) is 17.9. The highest BCUT2D eigenvalue weighted by Crippen LogP contribution is 2.70. The Labute approximate surface area is 154 Å². The van der Waals surface area contributed by atoms with E-state index in [1.54, 1.807) is 6.20 Å². The van der Waals surface area contributed by atoms with Gasteiger partial charge in [-0.3, -0.25) is 9.78 Å². The normalized spacial score (nSPS) is 46.1. The maximum atomic E-state index is 12.6. The van der Waals surface area contributed by atoms with Gasteiger partial charge in [0.2, 0.25) is 0 Å². The molecular formula is C21H29N2O3+. The van der Waals surface area contributed by atoms with Crippen LogP contribution in [0.15, 0.2) is 24.5 Å². The molecule has 1 aromatic rings. The highest BCUT2D eigenvalue weighted by atomic mass is 16.6. The summed E-state index contributed by atoms with van der Waals surface area (Å²) in [5.41, 5.74) is 1.36. The minimum Gasteiger partial charge on any atom is -0.462 e. The molecule has 2 aliphatic heterocycles. The topological polar surface area (TPSA) is 68.3 Å². The lowest BCUT2D eigenvalue weighted by Gasteiger charge is -2.48. The molecule has 0 amide bonds. The summed E-state index contributed by atoms with van der Waals surface area (Å²) in [6.07, 6.45) is 8.63. The molecule has 2 N–H and O–H groups in total. The maximum Gasteiger partial charge on any atom is 0.315 e. The molecule has 2 saturated heterocycles. The summed E-state index contributed by atoms with van der Waals surface area (Å²) in [4.78, 5) is 16.8. The van der Waals surface area contributed by atoms with E-state index in [1.165, 1.54) is 24.8 Å². The molecule has 1 spiro atoms. The van der Waals surface area contributed by atoms with Gasteiger partial charge in [-0.1, -0.05) is 26.3 Å². The smallest absolute Gasteiger partial charge is 0.315 e. The lowest BCUT2D eigenvalue weighted by atomic mass is 9.53. The molecule has 0 unspecified atom stereocenters. The lowest BCUT2D eigenvalue weighted by Crippen LogP contribution is -2.84. The molecule has 26 heavy (non-hydrogen) atoms. The van der Waals surface area contributed by atoms with Crippen LogP contribution >= 0.6 is 0 Å². The molecule has 2 aliphatic carbocycles. The Balaban J connectivity index is 1.32. The van der Waals surface area contributed by atoms with Gasteiger partial charge in [0.1, 0.15) is 24.2 Å². The second-order valence-electron chi connectivity index (χ2n) is 9.14. The SMILES string of the molecule is C[C@H]1CCC[C@]2(C)C[C@H]3OC(=O)[C@H](C[NH2+]Cc4cccnc4)[C@H]3[C@@H]3O[C@@]132. The van der Waals surface area contributed by atoms with E-state index in [1.807, 2.05) is 12.3 Å². The fourth-order valence-corrected chi connectivity index (χ4v) is 6.45. The highest BCUT2D eigenvalue weighted by molar-refractivity contribution is 5.76. The molecule has 140 valence electrons. The molecule has 0 bridgehead atoms. The summed E-state index contributed by atoms with van der Waals surface area (Å²) in [5.74, 6) is 0.770. The van der Waals surface area contributed by atoms with Crippen molar-refractivity contribution >= 4 is 5.97 Å². The minimum absolute atomic E-state index is 0.00198. The number of fused-ring (bicyclic) bond motifs is 2. The number of pyridine rings is 1. The number of aromatic nitrogens is 1. The Morgan fingerprint density at radius 3 is 3.12 bits per heavy atom. The Hall–Kier alpha value is -1.46. The monoisotopic (exact) mass is 357 g/mol. The van der Waals surface area contributed by atoms with Gasteiger partial charge in [0.15, 0.2) is 0 Å². The number of quaternary nitrogens is 1. The van der Waals surface area contributed by atoms with Crippen molar-refractivity contribution < 1.29 is 19.6 Å². The molecule has 3 heterocycles. The second-order valence-corrected chi connectivity index (χ2v) is 9.14. The molecular weight excluding hydrogens is 328 g/mol. The Morgan fingerprint density at radius 1 is 1.42 bits per heavy atom. The third-order valence-electron chi connectivity index (χ3n) is 7.72. The van der Waals surface area contributed by atoms with Crippen molar-refractivity contribution in [2.75, 3.05) is 6.54 Å². The fourth-order valence-electron chi connectivity index (χ4n) is 6.45. The van der Waals surface area contributed by atoms with Gasteiger partial charge >= 0.3 is 5.97 Å². The van der Waals surface area contributed by atoms with Crippen LogP contribution in [0.4, 0.5) is 0 Å². The van der Waals surface area contributed by atoms with Gasteiger partial charge in [-0.15, -0.1) is 0 Å². The quantitative estimate of drug-likeness (QED) is 0.657. The third kappa shape index (κ3) is 2.23. The molecule has 4 fully saturated rings.